The van der Waals surface area contributed by atoms with E-state index >= 15 is 0 Å². The highest BCUT2D eigenvalue weighted by atomic mass is 32.1. The molecule has 3 heterocycles. The summed E-state index contributed by atoms with van der Waals surface area (Å²) >= 11 is 1.47. The van der Waals surface area contributed by atoms with Gasteiger partial charge in [0.05, 0.1) is 0 Å². The van der Waals surface area contributed by atoms with E-state index in [9.17, 15) is 4.79 Å². The van der Waals surface area contributed by atoms with Crippen LogP contribution in [0.3, 0.4) is 0 Å². The minimum Gasteiger partial charge on any atom is -0.347 e. The zero-order valence-electron chi connectivity index (χ0n) is 15.6. The molecule has 0 bridgehead atoms. The second-order valence-corrected chi connectivity index (χ2v) is 7.75. The van der Waals surface area contributed by atoms with Gasteiger partial charge in [-0.2, -0.15) is 9.47 Å². The Morgan fingerprint density at radius 3 is 2.56 bits per heavy atom. The first-order chi connectivity index (χ1) is 11.9. The molecule has 136 valence electrons. The number of carbonyl (C=O) groups excluding carboxylic acids is 1. The van der Waals surface area contributed by atoms with Gasteiger partial charge in [-0.3, -0.25) is 9.48 Å². The summed E-state index contributed by atoms with van der Waals surface area (Å²) in [7, 11) is 3.74. The number of hydrogen-bond acceptors (Lipinski definition) is 6. The zero-order chi connectivity index (χ0) is 18.1. The lowest BCUT2D eigenvalue weighted by molar-refractivity contribution is 0.0702. The molecule has 0 atom stereocenters. The van der Waals surface area contributed by atoms with E-state index in [0.717, 1.165) is 42.6 Å². The number of carbonyl (C=O) groups is 1. The van der Waals surface area contributed by atoms with E-state index < -0.39 is 0 Å². The van der Waals surface area contributed by atoms with Gasteiger partial charge in [0.25, 0.3) is 5.91 Å². The molecule has 3 rings (SSSR count). The topological polar surface area (TPSA) is 67.2 Å². The molecule has 7 nitrogen and oxygen atoms in total. The van der Waals surface area contributed by atoms with Gasteiger partial charge in [-0.25, -0.2) is 4.98 Å². The summed E-state index contributed by atoms with van der Waals surface area (Å²) in [4.78, 5) is 21.4. The number of rotatable bonds is 4. The summed E-state index contributed by atoms with van der Waals surface area (Å²) in [5.41, 5.74) is 1.51. The quantitative estimate of drug-likeness (QED) is 0.836. The Kier molecular flexibility index (Phi) is 5.08. The van der Waals surface area contributed by atoms with Crippen molar-refractivity contribution >= 4 is 22.6 Å². The van der Waals surface area contributed by atoms with E-state index in [0.29, 0.717) is 11.6 Å². The second kappa shape index (κ2) is 7.11. The lowest BCUT2D eigenvalue weighted by Crippen LogP contribution is -2.45. The van der Waals surface area contributed by atoms with Crippen LogP contribution >= 0.6 is 11.5 Å². The standard InChI is InChI=1S/C17H26N6OS/c1-11(2)15-18-17(25-20-15)23-8-6-13(7-9-23)21(4)16(24)14-10-12(3)22(5)19-14/h10-11,13H,6-9H2,1-5H3. The summed E-state index contributed by atoms with van der Waals surface area (Å²) in [6.45, 7) is 7.97. The number of aromatic nitrogens is 4. The Balaban J connectivity index is 1.60. The van der Waals surface area contributed by atoms with E-state index in [4.69, 9.17) is 0 Å². The van der Waals surface area contributed by atoms with Crippen LogP contribution in [0.25, 0.3) is 0 Å². The molecule has 2 aromatic heterocycles. The third kappa shape index (κ3) is 3.68. The van der Waals surface area contributed by atoms with Crippen LogP contribution in [-0.2, 0) is 7.05 Å². The third-order valence-electron chi connectivity index (χ3n) is 4.88. The molecular formula is C17H26N6OS. The van der Waals surface area contributed by atoms with Gasteiger partial charge in [-0.1, -0.05) is 13.8 Å². The highest BCUT2D eigenvalue weighted by molar-refractivity contribution is 7.09. The van der Waals surface area contributed by atoms with Gasteiger partial charge in [-0.05, 0) is 25.8 Å². The molecule has 0 N–H and O–H groups in total. The molecule has 0 aliphatic carbocycles. The monoisotopic (exact) mass is 362 g/mol. The SMILES string of the molecule is Cc1cc(C(=O)N(C)C2CCN(c3nc(C(C)C)ns3)CC2)nn1C. The van der Waals surface area contributed by atoms with Crippen molar-refractivity contribution in [2.75, 3.05) is 25.0 Å². The van der Waals surface area contributed by atoms with Crippen LogP contribution in [0.5, 0.6) is 0 Å². The van der Waals surface area contributed by atoms with Gasteiger partial charge >= 0.3 is 0 Å². The largest absolute Gasteiger partial charge is 0.347 e. The van der Waals surface area contributed by atoms with Crippen LogP contribution in [0.4, 0.5) is 5.13 Å². The fraction of sp³-hybridized carbons (Fsp3) is 0.647. The van der Waals surface area contributed by atoms with E-state index in [1.807, 2.05) is 32.0 Å². The lowest BCUT2D eigenvalue weighted by atomic mass is 10.0. The summed E-state index contributed by atoms with van der Waals surface area (Å²) in [5, 5.41) is 5.30. The molecule has 0 saturated carbocycles. The maximum Gasteiger partial charge on any atom is 0.274 e. The molecular weight excluding hydrogens is 336 g/mol. The van der Waals surface area contributed by atoms with Gasteiger partial charge in [0.15, 0.2) is 5.69 Å². The van der Waals surface area contributed by atoms with Crippen LogP contribution in [0.2, 0.25) is 0 Å². The van der Waals surface area contributed by atoms with Crippen LogP contribution < -0.4 is 4.90 Å². The smallest absolute Gasteiger partial charge is 0.274 e. The molecule has 0 radical (unpaired) electrons. The Morgan fingerprint density at radius 2 is 2.04 bits per heavy atom. The molecule has 1 aliphatic heterocycles. The van der Waals surface area contributed by atoms with Gasteiger partial charge in [-0.15, -0.1) is 0 Å². The Morgan fingerprint density at radius 1 is 1.36 bits per heavy atom. The molecule has 0 spiro atoms. The van der Waals surface area contributed by atoms with Crippen molar-refractivity contribution < 1.29 is 4.79 Å². The van der Waals surface area contributed by atoms with Gasteiger partial charge in [0.2, 0.25) is 5.13 Å². The number of piperidine rings is 1. The lowest BCUT2D eigenvalue weighted by Gasteiger charge is -2.36. The minimum atomic E-state index is 0.000148. The third-order valence-corrected chi connectivity index (χ3v) is 5.67. The first-order valence-corrected chi connectivity index (χ1v) is 9.50. The maximum absolute atomic E-state index is 12.7. The normalized spacial score (nSPS) is 15.8. The van der Waals surface area contributed by atoms with Crippen molar-refractivity contribution in [3.05, 3.63) is 23.3 Å². The first kappa shape index (κ1) is 17.8. The Labute approximate surface area is 152 Å². The number of hydrogen-bond donors (Lipinski definition) is 0. The van der Waals surface area contributed by atoms with E-state index in [-0.39, 0.29) is 11.9 Å². The van der Waals surface area contributed by atoms with Crippen molar-refractivity contribution in [2.45, 2.75) is 45.6 Å². The molecule has 0 aromatic carbocycles. The molecule has 8 heteroatoms. The minimum absolute atomic E-state index is 0.000148. The summed E-state index contributed by atoms with van der Waals surface area (Å²) in [5.74, 6) is 1.27. The number of nitrogens with zero attached hydrogens (tertiary/aromatic N) is 6. The van der Waals surface area contributed by atoms with Gasteiger partial charge < -0.3 is 9.80 Å². The highest BCUT2D eigenvalue weighted by Gasteiger charge is 2.28. The fourth-order valence-corrected chi connectivity index (χ4v) is 3.90. The molecule has 1 amide bonds. The second-order valence-electron chi connectivity index (χ2n) is 7.02. The van der Waals surface area contributed by atoms with Crippen LogP contribution in [-0.4, -0.2) is 56.1 Å². The molecule has 0 unspecified atom stereocenters. The molecule has 1 fully saturated rings. The highest BCUT2D eigenvalue weighted by Crippen LogP contribution is 2.26. The van der Waals surface area contributed by atoms with Crippen LogP contribution in [0.1, 0.15) is 54.6 Å². The molecule has 2 aromatic rings. The first-order valence-electron chi connectivity index (χ1n) is 8.73. The van der Waals surface area contributed by atoms with Crippen LogP contribution in [0, 0.1) is 6.92 Å². The average Bonchev–Trinajstić information content (AvgIpc) is 3.21. The molecule has 1 saturated heterocycles. The predicted molar refractivity (Wildman–Crippen MR) is 99.3 cm³/mol. The Bertz CT molecular complexity index is 725. The summed E-state index contributed by atoms with van der Waals surface area (Å²) < 4.78 is 6.18. The fourth-order valence-electron chi connectivity index (χ4n) is 3.05. The molecule has 1 aliphatic rings. The predicted octanol–water partition coefficient (Wildman–Crippen LogP) is 2.44. The van der Waals surface area contributed by atoms with E-state index in [1.165, 1.54) is 11.5 Å². The maximum atomic E-state index is 12.7. The van der Waals surface area contributed by atoms with Crippen molar-refractivity contribution in [1.29, 1.82) is 0 Å². The number of anilines is 1. The van der Waals surface area contributed by atoms with Gasteiger partial charge in [0.1, 0.15) is 5.82 Å². The van der Waals surface area contributed by atoms with Crippen molar-refractivity contribution in [2.24, 2.45) is 7.05 Å². The van der Waals surface area contributed by atoms with E-state index in [2.05, 4.69) is 33.2 Å². The van der Waals surface area contributed by atoms with Gasteiger partial charge in [0, 0.05) is 56.4 Å². The van der Waals surface area contributed by atoms with E-state index in [1.54, 1.807) is 4.68 Å². The van der Waals surface area contributed by atoms with Crippen molar-refractivity contribution in [3.63, 3.8) is 0 Å². The zero-order valence-corrected chi connectivity index (χ0v) is 16.4. The van der Waals surface area contributed by atoms with Crippen LogP contribution in [0.15, 0.2) is 6.07 Å². The number of amides is 1. The summed E-state index contributed by atoms with van der Waals surface area (Å²) in [6.07, 6.45) is 1.87. The van der Waals surface area contributed by atoms with Crippen molar-refractivity contribution in [1.82, 2.24) is 24.0 Å². The summed E-state index contributed by atoms with van der Waals surface area (Å²) in [6, 6.07) is 2.09. The average molecular weight is 363 g/mol. The number of aryl methyl sites for hydroxylation is 2. The molecule has 25 heavy (non-hydrogen) atoms. The van der Waals surface area contributed by atoms with Crippen molar-refractivity contribution in [3.8, 4) is 0 Å². The Hall–Kier alpha value is -1.96.